The first-order chi connectivity index (χ1) is 17.0. The van der Waals surface area contributed by atoms with E-state index >= 15 is 0 Å². The zero-order valence-electron chi connectivity index (χ0n) is 19.6. The van der Waals surface area contributed by atoms with Gasteiger partial charge in [-0.05, 0) is 69.0 Å². The normalized spacial score (nSPS) is 18.2. The predicted molar refractivity (Wildman–Crippen MR) is 128 cm³/mol. The minimum atomic E-state index is -4.66. The van der Waals surface area contributed by atoms with Gasteiger partial charge in [-0.25, -0.2) is 4.98 Å². The summed E-state index contributed by atoms with van der Waals surface area (Å²) in [5, 5.41) is 18.4. The number of aliphatic hydroxyl groups is 1. The van der Waals surface area contributed by atoms with Crippen LogP contribution in [0.15, 0.2) is 60.9 Å². The molecule has 1 aliphatic rings. The molecule has 7 nitrogen and oxygen atoms in total. The van der Waals surface area contributed by atoms with Gasteiger partial charge < -0.3 is 10.4 Å². The molecule has 186 valence electrons. The van der Waals surface area contributed by atoms with Crippen LogP contribution in [-0.4, -0.2) is 36.4 Å². The highest BCUT2D eigenvalue weighted by atomic mass is 19.4. The molecule has 0 aliphatic heterocycles. The number of alkyl halides is 3. The van der Waals surface area contributed by atoms with Crippen LogP contribution in [0.25, 0.3) is 22.2 Å². The summed E-state index contributed by atoms with van der Waals surface area (Å²) in [7, 11) is 0. The van der Waals surface area contributed by atoms with Crippen molar-refractivity contribution in [2.45, 2.75) is 44.5 Å². The zero-order chi connectivity index (χ0) is 25.7. The largest absolute Gasteiger partial charge is 0.433 e. The summed E-state index contributed by atoms with van der Waals surface area (Å²) in [6, 6.07) is 12.2. The summed E-state index contributed by atoms with van der Waals surface area (Å²) >= 11 is 0. The Hall–Kier alpha value is -3.79. The monoisotopic (exact) mass is 495 g/mol. The minimum absolute atomic E-state index is 0.152. The molecule has 0 spiro atoms. The van der Waals surface area contributed by atoms with Crippen LogP contribution < -0.4 is 5.32 Å². The zero-order valence-corrected chi connectivity index (χ0v) is 19.6. The van der Waals surface area contributed by atoms with Crippen LogP contribution in [0.5, 0.6) is 0 Å². The summed E-state index contributed by atoms with van der Waals surface area (Å²) in [6.07, 6.45) is 0.434. The van der Waals surface area contributed by atoms with Gasteiger partial charge in [0.15, 0.2) is 0 Å². The number of hydrogen-bond donors (Lipinski definition) is 2. The van der Waals surface area contributed by atoms with Crippen molar-refractivity contribution in [3.05, 3.63) is 72.3 Å². The summed E-state index contributed by atoms with van der Waals surface area (Å²) in [5.74, 6) is -0.578. The van der Waals surface area contributed by atoms with Crippen LogP contribution in [0.2, 0.25) is 0 Å². The highest BCUT2D eigenvalue weighted by Crippen LogP contribution is 2.44. The van der Waals surface area contributed by atoms with Gasteiger partial charge >= 0.3 is 6.18 Å². The first kappa shape index (κ1) is 23.9. The number of nitrogens with zero attached hydrogens (tertiary/aromatic N) is 4. The van der Waals surface area contributed by atoms with E-state index in [-0.39, 0.29) is 17.7 Å². The molecule has 2 N–H and O–H groups in total. The molecule has 0 atom stereocenters. The third kappa shape index (κ3) is 4.68. The number of hydrogen-bond acceptors (Lipinski definition) is 5. The van der Waals surface area contributed by atoms with Gasteiger partial charge in [0.05, 0.1) is 28.5 Å². The number of benzene rings is 1. The second-order valence-electron chi connectivity index (χ2n) is 9.62. The average Bonchev–Trinajstić information content (AvgIpc) is 3.19. The lowest BCUT2D eigenvalue weighted by Gasteiger charge is -2.42. The van der Waals surface area contributed by atoms with E-state index in [2.05, 4.69) is 15.3 Å². The lowest BCUT2D eigenvalue weighted by atomic mass is 9.71. The number of aromatic nitrogens is 4. The van der Waals surface area contributed by atoms with Crippen LogP contribution in [0, 0.1) is 5.92 Å². The SMILES string of the molecule is CC(C)(O)C1CC(n2cc3cc(NC(=O)c4cccc(C(F)(F)F)n4)c(-c4ccccn4)cc3n2)C1. The average molecular weight is 496 g/mol. The van der Waals surface area contributed by atoms with Gasteiger partial charge in [0.2, 0.25) is 0 Å². The Kier molecular flexibility index (Phi) is 5.78. The summed E-state index contributed by atoms with van der Waals surface area (Å²) in [4.78, 5) is 20.8. The van der Waals surface area contributed by atoms with Crippen molar-refractivity contribution >= 4 is 22.5 Å². The second-order valence-corrected chi connectivity index (χ2v) is 9.62. The van der Waals surface area contributed by atoms with Crippen molar-refractivity contribution < 1.29 is 23.1 Å². The number of amides is 1. The molecular weight excluding hydrogens is 471 g/mol. The van der Waals surface area contributed by atoms with Crippen molar-refractivity contribution in [1.29, 1.82) is 0 Å². The van der Waals surface area contributed by atoms with Crippen molar-refractivity contribution in [1.82, 2.24) is 19.7 Å². The Morgan fingerprint density at radius 3 is 2.56 bits per heavy atom. The first-order valence-corrected chi connectivity index (χ1v) is 11.5. The highest BCUT2D eigenvalue weighted by Gasteiger charge is 2.40. The molecule has 3 aromatic heterocycles. The van der Waals surface area contributed by atoms with E-state index in [1.807, 2.05) is 10.9 Å². The number of carbonyl (C=O) groups excluding carboxylic acids is 1. The van der Waals surface area contributed by atoms with Gasteiger partial charge in [-0.3, -0.25) is 14.5 Å². The van der Waals surface area contributed by atoms with Crippen molar-refractivity contribution in [2.24, 2.45) is 5.92 Å². The summed E-state index contributed by atoms with van der Waals surface area (Å²) in [6.45, 7) is 3.61. The molecule has 0 unspecified atom stereocenters. The van der Waals surface area contributed by atoms with Gasteiger partial charge in [-0.15, -0.1) is 0 Å². The Bertz CT molecular complexity index is 1420. The van der Waals surface area contributed by atoms with Crippen LogP contribution >= 0.6 is 0 Å². The number of fused-ring (bicyclic) bond motifs is 1. The third-order valence-electron chi connectivity index (χ3n) is 6.61. The summed E-state index contributed by atoms with van der Waals surface area (Å²) in [5.41, 5.74) is -0.0000335. The number of nitrogens with one attached hydrogen (secondary N) is 1. The van der Waals surface area contributed by atoms with E-state index in [4.69, 9.17) is 5.10 Å². The molecule has 0 bridgehead atoms. The number of carbonyl (C=O) groups is 1. The quantitative estimate of drug-likeness (QED) is 0.382. The molecular formula is C26H24F3N5O2. The highest BCUT2D eigenvalue weighted by molar-refractivity contribution is 6.06. The maximum Gasteiger partial charge on any atom is 0.433 e. The maximum atomic E-state index is 13.1. The molecule has 1 amide bonds. The lowest BCUT2D eigenvalue weighted by molar-refractivity contribution is -0.141. The smallest absolute Gasteiger partial charge is 0.390 e. The molecule has 1 saturated carbocycles. The van der Waals surface area contributed by atoms with Gasteiger partial charge in [0.1, 0.15) is 11.4 Å². The van der Waals surface area contributed by atoms with Crippen molar-refractivity contribution in [3.63, 3.8) is 0 Å². The molecule has 1 aliphatic carbocycles. The van der Waals surface area contributed by atoms with Crippen LogP contribution in [-0.2, 0) is 6.18 Å². The molecule has 36 heavy (non-hydrogen) atoms. The summed E-state index contributed by atoms with van der Waals surface area (Å²) < 4.78 is 41.1. The molecule has 4 aromatic rings. The van der Waals surface area contributed by atoms with Crippen LogP contribution in [0.3, 0.4) is 0 Å². The fraction of sp³-hybridized carbons (Fsp3) is 0.308. The molecule has 1 aromatic carbocycles. The molecule has 1 fully saturated rings. The molecule has 0 saturated heterocycles. The van der Waals surface area contributed by atoms with E-state index in [1.165, 1.54) is 6.07 Å². The molecule has 3 heterocycles. The van der Waals surface area contributed by atoms with E-state index in [0.29, 0.717) is 22.5 Å². The van der Waals surface area contributed by atoms with Gasteiger partial charge in [-0.1, -0.05) is 12.1 Å². The van der Waals surface area contributed by atoms with E-state index in [1.54, 1.807) is 50.4 Å². The standard InChI is InChI=1S/C26H24F3N5O2/c1-25(2,36)16-11-17(12-16)34-14-15-10-22(18(13-21(15)33-34)19-6-3-4-9-30-19)32-24(35)20-7-5-8-23(31-20)26(27,28)29/h3-10,13-14,16-17,36H,11-12H2,1-2H3,(H,32,35). The fourth-order valence-corrected chi connectivity index (χ4v) is 4.40. The minimum Gasteiger partial charge on any atom is -0.390 e. The predicted octanol–water partition coefficient (Wildman–Crippen LogP) is 5.49. The Balaban J connectivity index is 1.49. The second kappa shape index (κ2) is 8.70. The Morgan fingerprint density at radius 1 is 1.11 bits per heavy atom. The number of anilines is 1. The topological polar surface area (TPSA) is 92.9 Å². The number of rotatable bonds is 5. The van der Waals surface area contributed by atoms with E-state index in [9.17, 15) is 23.1 Å². The van der Waals surface area contributed by atoms with Crippen LogP contribution in [0.1, 0.15) is 48.9 Å². The van der Waals surface area contributed by atoms with Gasteiger partial charge in [0.25, 0.3) is 5.91 Å². The lowest BCUT2D eigenvalue weighted by Crippen LogP contribution is -2.41. The molecule has 5 rings (SSSR count). The Labute approximate surface area is 205 Å². The number of halogens is 3. The Morgan fingerprint density at radius 2 is 1.89 bits per heavy atom. The third-order valence-corrected chi connectivity index (χ3v) is 6.61. The fourth-order valence-electron chi connectivity index (χ4n) is 4.40. The van der Waals surface area contributed by atoms with Crippen molar-refractivity contribution in [2.75, 3.05) is 5.32 Å². The first-order valence-electron chi connectivity index (χ1n) is 11.5. The number of pyridine rings is 2. The van der Waals surface area contributed by atoms with Crippen LogP contribution in [0.4, 0.5) is 18.9 Å². The van der Waals surface area contributed by atoms with Gasteiger partial charge in [0, 0.05) is 23.3 Å². The molecule has 0 radical (unpaired) electrons. The van der Waals surface area contributed by atoms with E-state index < -0.39 is 23.4 Å². The van der Waals surface area contributed by atoms with Crippen molar-refractivity contribution in [3.8, 4) is 11.3 Å². The maximum absolute atomic E-state index is 13.1. The van der Waals surface area contributed by atoms with E-state index in [0.717, 1.165) is 30.4 Å². The molecule has 10 heteroatoms. The van der Waals surface area contributed by atoms with Gasteiger partial charge in [-0.2, -0.15) is 18.3 Å².